The lowest BCUT2D eigenvalue weighted by Crippen LogP contribution is -2.43. The largest absolute Gasteiger partial charge is 0.493 e. The highest BCUT2D eigenvalue weighted by Gasteiger charge is 2.28. The van der Waals surface area contributed by atoms with Crippen molar-refractivity contribution in [3.05, 3.63) is 40.5 Å². The van der Waals surface area contributed by atoms with Crippen molar-refractivity contribution in [2.45, 2.75) is 19.4 Å². The average Bonchev–Trinajstić information content (AvgIpc) is 2.65. The van der Waals surface area contributed by atoms with E-state index in [0.717, 1.165) is 0 Å². The highest BCUT2D eigenvalue weighted by atomic mass is 16.6. The summed E-state index contributed by atoms with van der Waals surface area (Å²) in [4.78, 5) is 34.7. The second-order valence-electron chi connectivity index (χ2n) is 5.13. The fraction of sp³-hybridized carbons (Fsp3) is 0.412. The van der Waals surface area contributed by atoms with Crippen LogP contribution in [-0.4, -0.2) is 50.5 Å². The van der Waals surface area contributed by atoms with E-state index in [0.29, 0.717) is 0 Å². The molecule has 1 amide bonds. The van der Waals surface area contributed by atoms with Crippen LogP contribution in [0.1, 0.15) is 12.5 Å². The number of rotatable bonds is 10. The molecule has 10 nitrogen and oxygen atoms in total. The van der Waals surface area contributed by atoms with Gasteiger partial charge in [0.15, 0.2) is 11.5 Å². The molecule has 0 bridgehead atoms. The van der Waals surface area contributed by atoms with E-state index >= 15 is 0 Å². The second kappa shape index (κ2) is 10.6. The molecule has 0 spiro atoms. The number of nitrogens with zero attached hydrogens (tertiary/aromatic N) is 1. The first-order chi connectivity index (χ1) is 12.9. The molecule has 0 radical (unpaired) electrons. The van der Waals surface area contributed by atoms with Crippen LogP contribution in [0.3, 0.4) is 0 Å². The number of amides is 1. The van der Waals surface area contributed by atoms with E-state index in [1.165, 1.54) is 32.4 Å². The molecule has 0 aliphatic rings. The van der Waals surface area contributed by atoms with Gasteiger partial charge in [-0.25, -0.2) is 9.59 Å². The van der Waals surface area contributed by atoms with Gasteiger partial charge in [-0.2, -0.15) is 0 Å². The van der Waals surface area contributed by atoms with Gasteiger partial charge in [-0.3, -0.25) is 10.1 Å². The van der Waals surface area contributed by atoms with Crippen molar-refractivity contribution in [2.24, 2.45) is 0 Å². The summed E-state index contributed by atoms with van der Waals surface area (Å²) in [7, 11) is 2.72. The summed E-state index contributed by atoms with van der Waals surface area (Å²) in [6, 6.07) is 1.37. The third kappa shape index (κ3) is 6.17. The van der Waals surface area contributed by atoms with Gasteiger partial charge in [0, 0.05) is 12.0 Å². The summed E-state index contributed by atoms with van der Waals surface area (Å²) in [5, 5.41) is 13.7. The maximum absolute atomic E-state index is 12.2. The van der Waals surface area contributed by atoms with Crippen LogP contribution in [0.2, 0.25) is 0 Å². The number of hydrogen-bond acceptors (Lipinski definition) is 8. The highest BCUT2D eigenvalue weighted by molar-refractivity contribution is 5.82. The fourth-order valence-corrected chi connectivity index (χ4v) is 2.22. The molecule has 148 valence electrons. The number of nitro groups is 1. The molecule has 0 aliphatic carbocycles. The Morgan fingerprint density at radius 3 is 2.41 bits per heavy atom. The minimum absolute atomic E-state index is 0.0577. The molecule has 0 saturated carbocycles. The Balaban J connectivity index is 3.21. The SMILES string of the molecule is C=CCOC(=O)N[C@@H](Cc1cc(OC)c(OC)cc1[N+](=O)[O-])C(=O)OCC. The molecule has 27 heavy (non-hydrogen) atoms. The van der Waals surface area contributed by atoms with Crippen molar-refractivity contribution >= 4 is 17.7 Å². The smallest absolute Gasteiger partial charge is 0.408 e. The zero-order valence-electron chi connectivity index (χ0n) is 15.4. The molecule has 1 rings (SSSR count). The van der Waals surface area contributed by atoms with Gasteiger partial charge < -0.3 is 24.3 Å². The molecule has 10 heteroatoms. The second-order valence-corrected chi connectivity index (χ2v) is 5.13. The lowest BCUT2D eigenvalue weighted by Gasteiger charge is -2.18. The molecule has 0 heterocycles. The first kappa shape index (κ1) is 21.7. The summed E-state index contributed by atoms with van der Waals surface area (Å²) < 4.78 is 19.9. The quantitative estimate of drug-likeness (QED) is 0.282. The predicted molar refractivity (Wildman–Crippen MR) is 95.0 cm³/mol. The van der Waals surface area contributed by atoms with Crippen molar-refractivity contribution < 1.29 is 33.5 Å². The van der Waals surface area contributed by atoms with E-state index in [2.05, 4.69) is 11.9 Å². The van der Waals surface area contributed by atoms with E-state index in [9.17, 15) is 19.7 Å². The van der Waals surface area contributed by atoms with Crippen LogP contribution in [0.4, 0.5) is 10.5 Å². The summed E-state index contributed by atoms with van der Waals surface area (Å²) in [6.07, 6.45) is 0.271. The van der Waals surface area contributed by atoms with Gasteiger partial charge in [0.25, 0.3) is 5.69 Å². The van der Waals surface area contributed by atoms with E-state index in [1.807, 2.05) is 0 Å². The Morgan fingerprint density at radius 2 is 1.89 bits per heavy atom. The van der Waals surface area contributed by atoms with Gasteiger partial charge in [0.2, 0.25) is 0 Å². The molecule has 0 aliphatic heterocycles. The average molecular weight is 382 g/mol. The number of hydrogen-bond donors (Lipinski definition) is 1. The Kier molecular flexibility index (Phi) is 8.57. The van der Waals surface area contributed by atoms with Crippen molar-refractivity contribution in [1.82, 2.24) is 5.32 Å². The standard InChI is InChI=1S/C17H22N2O8/c1-5-7-27-17(21)18-12(16(20)26-6-2)8-11-9-14(24-3)15(25-4)10-13(11)19(22)23/h5,9-10,12H,1,6-8H2,2-4H3,(H,18,21)/t12-/m0/s1. The van der Waals surface area contributed by atoms with Gasteiger partial charge in [-0.1, -0.05) is 12.7 Å². The maximum Gasteiger partial charge on any atom is 0.408 e. The third-order valence-corrected chi connectivity index (χ3v) is 3.40. The molecule has 0 unspecified atom stereocenters. The van der Waals surface area contributed by atoms with Crippen LogP contribution in [0.15, 0.2) is 24.8 Å². The molecule has 0 fully saturated rings. The third-order valence-electron chi connectivity index (χ3n) is 3.40. The number of nitrogens with one attached hydrogen (secondary N) is 1. The molecule has 0 aromatic heterocycles. The number of alkyl carbamates (subject to hydrolysis) is 1. The van der Waals surface area contributed by atoms with Crippen LogP contribution in [0.25, 0.3) is 0 Å². The molecule has 1 atom stereocenters. The lowest BCUT2D eigenvalue weighted by molar-refractivity contribution is -0.385. The Morgan fingerprint density at radius 1 is 1.26 bits per heavy atom. The van der Waals surface area contributed by atoms with Gasteiger partial charge >= 0.3 is 12.1 Å². The molecular weight excluding hydrogens is 360 g/mol. The molecule has 0 saturated heterocycles. The molecule has 1 N–H and O–H groups in total. The van der Waals surface area contributed by atoms with Crippen molar-refractivity contribution in [3.8, 4) is 11.5 Å². The normalized spacial score (nSPS) is 11.1. The summed E-state index contributed by atoms with van der Waals surface area (Å²) in [5.74, 6) is -0.342. The van der Waals surface area contributed by atoms with Crippen molar-refractivity contribution in [1.29, 1.82) is 0 Å². The summed E-state index contributed by atoms with van der Waals surface area (Å²) in [5.41, 5.74) is -0.136. The number of carbonyl (C=O) groups is 2. The van der Waals surface area contributed by atoms with Crippen LogP contribution >= 0.6 is 0 Å². The predicted octanol–water partition coefficient (Wildman–Crippen LogP) is 2.00. The monoisotopic (exact) mass is 382 g/mol. The van der Waals surface area contributed by atoms with Crippen molar-refractivity contribution in [3.63, 3.8) is 0 Å². The molecule has 1 aromatic rings. The van der Waals surface area contributed by atoms with E-state index < -0.39 is 23.0 Å². The number of ether oxygens (including phenoxy) is 4. The summed E-state index contributed by atoms with van der Waals surface area (Å²) >= 11 is 0. The first-order valence-electron chi connectivity index (χ1n) is 7.97. The maximum atomic E-state index is 12.2. The number of nitro benzene ring substituents is 1. The van der Waals surface area contributed by atoms with Crippen LogP contribution < -0.4 is 14.8 Å². The van der Waals surface area contributed by atoms with Crippen LogP contribution in [-0.2, 0) is 20.7 Å². The summed E-state index contributed by atoms with van der Waals surface area (Å²) in [6.45, 7) is 5.03. The lowest BCUT2D eigenvalue weighted by atomic mass is 10.0. The first-order valence-corrected chi connectivity index (χ1v) is 7.97. The molecule has 1 aromatic carbocycles. The van der Waals surface area contributed by atoms with E-state index in [1.54, 1.807) is 6.92 Å². The highest BCUT2D eigenvalue weighted by Crippen LogP contribution is 2.35. The van der Waals surface area contributed by atoms with Crippen LogP contribution in [0.5, 0.6) is 11.5 Å². The van der Waals surface area contributed by atoms with Gasteiger partial charge in [-0.05, 0) is 13.0 Å². The number of methoxy groups -OCH3 is 2. The van der Waals surface area contributed by atoms with Gasteiger partial charge in [0.05, 0.1) is 31.8 Å². The van der Waals surface area contributed by atoms with Crippen molar-refractivity contribution in [2.75, 3.05) is 27.4 Å². The van der Waals surface area contributed by atoms with Gasteiger partial charge in [0.1, 0.15) is 12.6 Å². The number of esters is 1. The van der Waals surface area contributed by atoms with E-state index in [4.69, 9.17) is 18.9 Å². The minimum atomic E-state index is -1.20. The Hall–Kier alpha value is -3.30. The Bertz CT molecular complexity index is 704. The number of carbonyl (C=O) groups excluding carboxylic acids is 2. The topological polar surface area (TPSA) is 126 Å². The fourth-order valence-electron chi connectivity index (χ4n) is 2.22. The zero-order valence-corrected chi connectivity index (χ0v) is 15.4. The Labute approximate surface area is 156 Å². The number of benzene rings is 1. The van der Waals surface area contributed by atoms with Crippen LogP contribution in [0, 0.1) is 10.1 Å². The zero-order chi connectivity index (χ0) is 20.4. The van der Waals surface area contributed by atoms with Gasteiger partial charge in [-0.15, -0.1) is 0 Å². The van der Waals surface area contributed by atoms with E-state index in [-0.39, 0.29) is 42.4 Å². The minimum Gasteiger partial charge on any atom is -0.493 e. The molecular formula is C17H22N2O8.